The van der Waals surface area contributed by atoms with Crippen LogP contribution in [0, 0.1) is 5.82 Å². The van der Waals surface area contributed by atoms with Crippen molar-refractivity contribution in [1.82, 2.24) is 4.90 Å². The van der Waals surface area contributed by atoms with Crippen LogP contribution in [0.5, 0.6) is 5.75 Å². The number of benzene rings is 2. The topological polar surface area (TPSA) is 67.9 Å². The molecule has 2 aromatic carbocycles. The van der Waals surface area contributed by atoms with Crippen LogP contribution in [0.3, 0.4) is 0 Å². The van der Waals surface area contributed by atoms with Crippen molar-refractivity contribution in [2.75, 3.05) is 25.1 Å². The van der Waals surface area contributed by atoms with Crippen LogP contribution < -0.4 is 10.1 Å². The second-order valence-corrected chi connectivity index (χ2v) is 8.75. The third-order valence-electron chi connectivity index (χ3n) is 5.31. The molecule has 172 valence electrons. The summed E-state index contributed by atoms with van der Waals surface area (Å²) >= 11 is 1.38. The third kappa shape index (κ3) is 5.58. The largest absolute Gasteiger partial charge is 0.481 e. The normalized spacial score (nSPS) is 13.3. The van der Waals surface area contributed by atoms with Crippen LogP contribution in [0.15, 0.2) is 54.6 Å². The van der Waals surface area contributed by atoms with Crippen molar-refractivity contribution in [3.63, 3.8) is 0 Å². The van der Waals surface area contributed by atoms with Gasteiger partial charge in [-0.15, -0.1) is 11.3 Å². The first-order chi connectivity index (χ1) is 16.0. The van der Waals surface area contributed by atoms with E-state index >= 15 is 0 Å². The summed E-state index contributed by atoms with van der Waals surface area (Å²) in [5, 5.41) is 3.22. The lowest BCUT2D eigenvalue weighted by Gasteiger charge is -2.27. The van der Waals surface area contributed by atoms with E-state index in [1.807, 2.05) is 18.2 Å². The van der Waals surface area contributed by atoms with E-state index in [4.69, 9.17) is 9.47 Å². The average Bonchev–Trinajstić information content (AvgIpc) is 3.16. The number of amides is 1. The summed E-state index contributed by atoms with van der Waals surface area (Å²) in [7, 11) is 0. The first-order valence-corrected chi connectivity index (χ1v) is 11.6. The van der Waals surface area contributed by atoms with E-state index in [9.17, 15) is 14.0 Å². The number of anilines is 1. The van der Waals surface area contributed by atoms with E-state index in [0.717, 1.165) is 23.5 Å². The molecule has 1 N–H and O–H groups in total. The van der Waals surface area contributed by atoms with Crippen LogP contribution in [0.25, 0.3) is 0 Å². The van der Waals surface area contributed by atoms with Gasteiger partial charge in [0.2, 0.25) is 0 Å². The number of carbonyl (C=O) groups is 2. The fourth-order valence-electron chi connectivity index (χ4n) is 3.81. The predicted molar refractivity (Wildman–Crippen MR) is 125 cm³/mol. The highest BCUT2D eigenvalue weighted by Crippen LogP contribution is 2.38. The predicted octanol–water partition coefficient (Wildman–Crippen LogP) is 4.64. The van der Waals surface area contributed by atoms with Gasteiger partial charge in [-0.1, -0.05) is 42.5 Å². The van der Waals surface area contributed by atoms with E-state index in [1.54, 1.807) is 19.1 Å². The molecule has 1 amide bonds. The Labute approximate surface area is 195 Å². The molecule has 6 nitrogen and oxygen atoms in total. The fourth-order valence-corrected chi connectivity index (χ4v) is 5.10. The molecule has 0 aliphatic carbocycles. The fraction of sp³-hybridized carbons (Fsp3) is 0.280. The second kappa shape index (κ2) is 10.6. The number of nitrogens with one attached hydrogen (secondary N) is 1. The number of thiophene rings is 1. The van der Waals surface area contributed by atoms with Gasteiger partial charge in [-0.25, -0.2) is 9.18 Å². The van der Waals surface area contributed by atoms with E-state index in [0.29, 0.717) is 23.5 Å². The molecule has 2 heterocycles. The van der Waals surface area contributed by atoms with Gasteiger partial charge in [0.1, 0.15) is 5.00 Å². The maximum atomic E-state index is 13.7. The number of para-hydroxylation sites is 1. The van der Waals surface area contributed by atoms with Gasteiger partial charge in [-0.3, -0.25) is 9.69 Å². The monoisotopic (exact) mass is 468 g/mol. The van der Waals surface area contributed by atoms with Crippen molar-refractivity contribution in [3.8, 4) is 5.75 Å². The van der Waals surface area contributed by atoms with Crippen LogP contribution in [-0.4, -0.2) is 36.5 Å². The molecule has 1 aliphatic rings. The standard InChI is InChI=1S/C25H25FN2O4S/c1-2-31-25(30)23-18-12-13-28(14-17-8-4-3-5-9-17)15-21(18)33-24(23)27-22(29)16-32-20-11-7-6-10-19(20)26/h3-11H,2,12-16H2,1H3,(H,27,29). The van der Waals surface area contributed by atoms with Crippen molar-refractivity contribution in [1.29, 1.82) is 0 Å². The molecule has 0 saturated carbocycles. The number of hydrogen-bond acceptors (Lipinski definition) is 6. The second-order valence-electron chi connectivity index (χ2n) is 7.64. The first-order valence-electron chi connectivity index (χ1n) is 10.8. The molecule has 1 aromatic heterocycles. The molecule has 0 atom stereocenters. The molecular formula is C25H25FN2O4S. The quantitative estimate of drug-likeness (QED) is 0.488. The highest BCUT2D eigenvalue weighted by molar-refractivity contribution is 7.17. The zero-order valence-electron chi connectivity index (χ0n) is 18.3. The molecule has 1 aliphatic heterocycles. The Morgan fingerprint density at radius 2 is 1.88 bits per heavy atom. The molecule has 33 heavy (non-hydrogen) atoms. The van der Waals surface area contributed by atoms with Gasteiger partial charge < -0.3 is 14.8 Å². The number of fused-ring (bicyclic) bond motifs is 1. The van der Waals surface area contributed by atoms with Gasteiger partial charge in [0.05, 0.1) is 12.2 Å². The number of carbonyl (C=O) groups excluding carboxylic acids is 2. The Bertz CT molecular complexity index is 1130. The van der Waals surface area contributed by atoms with Crippen molar-refractivity contribution in [2.24, 2.45) is 0 Å². The summed E-state index contributed by atoms with van der Waals surface area (Å²) in [6.45, 7) is 3.92. The SMILES string of the molecule is CCOC(=O)c1c(NC(=O)COc2ccccc2F)sc2c1CCN(Cc1ccccc1)C2. The maximum Gasteiger partial charge on any atom is 0.341 e. The van der Waals surface area contributed by atoms with Crippen LogP contribution in [0.1, 0.15) is 33.3 Å². The van der Waals surface area contributed by atoms with E-state index in [2.05, 4.69) is 22.3 Å². The van der Waals surface area contributed by atoms with Crippen LogP contribution in [0.4, 0.5) is 9.39 Å². The number of rotatable bonds is 8. The molecule has 0 saturated heterocycles. The summed E-state index contributed by atoms with van der Waals surface area (Å²) in [6, 6.07) is 16.1. The molecule has 8 heteroatoms. The number of ether oxygens (including phenoxy) is 2. The van der Waals surface area contributed by atoms with Gasteiger partial charge >= 0.3 is 5.97 Å². The lowest BCUT2D eigenvalue weighted by Crippen LogP contribution is -2.30. The average molecular weight is 469 g/mol. The first kappa shape index (κ1) is 22.9. The molecule has 3 aromatic rings. The van der Waals surface area contributed by atoms with Crippen LogP contribution in [0.2, 0.25) is 0 Å². The van der Waals surface area contributed by atoms with Crippen molar-refractivity contribution >= 4 is 28.2 Å². The zero-order valence-corrected chi connectivity index (χ0v) is 19.1. The lowest BCUT2D eigenvalue weighted by atomic mass is 10.0. The number of hydrogen-bond donors (Lipinski definition) is 1. The Balaban J connectivity index is 1.49. The minimum absolute atomic E-state index is 0.000272. The molecular weight excluding hydrogens is 443 g/mol. The summed E-state index contributed by atoms with van der Waals surface area (Å²) in [5.41, 5.74) is 2.56. The van der Waals surface area contributed by atoms with Gasteiger partial charge in [0.15, 0.2) is 18.2 Å². The molecule has 0 radical (unpaired) electrons. The Morgan fingerprint density at radius 1 is 1.12 bits per heavy atom. The molecule has 0 unspecified atom stereocenters. The minimum atomic E-state index is -0.539. The summed E-state index contributed by atoms with van der Waals surface area (Å²) in [6.07, 6.45) is 0.689. The number of esters is 1. The Morgan fingerprint density at radius 3 is 2.64 bits per heavy atom. The van der Waals surface area contributed by atoms with Gasteiger partial charge in [0, 0.05) is 24.5 Å². The summed E-state index contributed by atoms with van der Waals surface area (Å²) in [5.74, 6) is -1.46. The van der Waals surface area contributed by atoms with Gasteiger partial charge in [-0.05, 0) is 36.6 Å². The molecule has 4 rings (SSSR count). The van der Waals surface area contributed by atoms with E-state index in [1.165, 1.54) is 29.0 Å². The van der Waals surface area contributed by atoms with Crippen molar-refractivity contribution < 1.29 is 23.5 Å². The Kier molecular flexibility index (Phi) is 7.36. The van der Waals surface area contributed by atoms with E-state index < -0.39 is 17.7 Å². The van der Waals surface area contributed by atoms with Gasteiger partial charge in [0.25, 0.3) is 5.91 Å². The Hall–Kier alpha value is -3.23. The third-order valence-corrected chi connectivity index (χ3v) is 6.45. The van der Waals surface area contributed by atoms with Gasteiger partial charge in [-0.2, -0.15) is 0 Å². The number of halogens is 1. The molecule has 0 fully saturated rings. The smallest absolute Gasteiger partial charge is 0.341 e. The summed E-state index contributed by atoms with van der Waals surface area (Å²) < 4.78 is 24.3. The summed E-state index contributed by atoms with van der Waals surface area (Å²) in [4.78, 5) is 28.6. The van der Waals surface area contributed by atoms with Crippen LogP contribution in [-0.2, 0) is 29.0 Å². The number of nitrogens with zero attached hydrogens (tertiary/aromatic N) is 1. The maximum absolute atomic E-state index is 13.7. The highest BCUT2D eigenvalue weighted by atomic mass is 32.1. The van der Waals surface area contributed by atoms with Crippen molar-refractivity contribution in [3.05, 3.63) is 82.0 Å². The van der Waals surface area contributed by atoms with E-state index in [-0.39, 0.29) is 19.0 Å². The van der Waals surface area contributed by atoms with Crippen LogP contribution >= 0.6 is 11.3 Å². The highest BCUT2D eigenvalue weighted by Gasteiger charge is 2.29. The zero-order chi connectivity index (χ0) is 23.2. The molecule has 0 spiro atoms. The lowest BCUT2D eigenvalue weighted by molar-refractivity contribution is -0.118. The molecule has 0 bridgehead atoms. The minimum Gasteiger partial charge on any atom is -0.481 e. The van der Waals surface area contributed by atoms with Crippen molar-refractivity contribution in [2.45, 2.75) is 26.4 Å².